The lowest BCUT2D eigenvalue weighted by Crippen LogP contribution is -2.43. The van der Waals surface area contributed by atoms with E-state index in [-0.39, 0.29) is 5.92 Å². The maximum absolute atomic E-state index is 15.6. The highest BCUT2D eigenvalue weighted by atomic mass is 19.1. The van der Waals surface area contributed by atoms with Gasteiger partial charge in [0.1, 0.15) is 6.17 Å². The number of nitrogens with one attached hydrogen (secondary N) is 1. The molecule has 28 heavy (non-hydrogen) atoms. The number of halogens is 1. The Bertz CT molecular complexity index is 783. The third kappa shape index (κ3) is 4.91. The SMILES string of the molecule is CCc1cccc2c1C(F)C(C)(C)NCC2/C(=C/C(C)=N/C=C(C)C)N(C)C. The predicted molar refractivity (Wildman–Crippen MR) is 119 cm³/mol. The lowest BCUT2D eigenvalue weighted by molar-refractivity contribution is 0.186. The van der Waals surface area contributed by atoms with Crippen molar-refractivity contribution >= 4 is 5.71 Å². The number of aliphatic imine (C=N–C) groups is 1. The first-order valence-corrected chi connectivity index (χ1v) is 10.2. The fourth-order valence-corrected chi connectivity index (χ4v) is 3.77. The zero-order valence-corrected chi connectivity index (χ0v) is 18.7. The van der Waals surface area contributed by atoms with Crippen LogP contribution in [-0.2, 0) is 6.42 Å². The highest BCUT2D eigenvalue weighted by Crippen LogP contribution is 2.42. The summed E-state index contributed by atoms with van der Waals surface area (Å²) in [6.07, 6.45) is 3.79. The Balaban J connectivity index is 2.65. The Morgan fingerprint density at radius 2 is 1.96 bits per heavy atom. The quantitative estimate of drug-likeness (QED) is 0.673. The van der Waals surface area contributed by atoms with Gasteiger partial charge in [-0.2, -0.15) is 0 Å². The lowest BCUT2D eigenvalue weighted by atomic mass is 9.83. The van der Waals surface area contributed by atoms with E-state index in [1.165, 1.54) is 0 Å². The number of hydrogen-bond donors (Lipinski definition) is 1. The number of nitrogens with zero attached hydrogens (tertiary/aromatic N) is 2. The fourth-order valence-electron chi connectivity index (χ4n) is 3.77. The Labute approximate surface area is 170 Å². The summed E-state index contributed by atoms with van der Waals surface area (Å²) in [5.41, 5.74) is 5.66. The number of hydrogen-bond acceptors (Lipinski definition) is 3. The normalized spacial score (nSPS) is 22.3. The monoisotopic (exact) mass is 385 g/mol. The van der Waals surface area contributed by atoms with Crippen molar-refractivity contribution in [2.75, 3.05) is 20.6 Å². The zero-order valence-electron chi connectivity index (χ0n) is 18.7. The topological polar surface area (TPSA) is 27.6 Å². The van der Waals surface area contributed by atoms with E-state index in [9.17, 15) is 0 Å². The van der Waals surface area contributed by atoms with Crippen molar-refractivity contribution in [3.63, 3.8) is 0 Å². The van der Waals surface area contributed by atoms with Crippen molar-refractivity contribution in [1.82, 2.24) is 10.2 Å². The molecule has 1 N–H and O–H groups in total. The van der Waals surface area contributed by atoms with E-state index in [0.29, 0.717) is 6.54 Å². The van der Waals surface area contributed by atoms with Gasteiger partial charge < -0.3 is 10.2 Å². The van der Waals surface area contributed by atoms with Gasteiger partial charge >= 0.3 is 0 Å². The van der Waals surface area contributed by atoms with E-state index in [2.05, 4.69) is 46.4 Å². The van der Waals surface area contributed by atoms with Gasteiger partial charge in [0.2, 0.25) is 0 Å². The molecule has 0 aliphatic carbocycles. The van der Waals surface area contributed by atoms with Gasteiger partial charge in [0.25, 0.3) is 0 Å². The molecule has 0 radical (unpaired) electrons. The summed E-state index contributed by atoms with van der Waals surface area (Å²) in [5.74, 6) is 0.0633. The van der Waals surface area contributed by atoms with E-state index in [1.807, 2.05) is 54.9 Å². The van der Waals surface area contributed by atoms with Crippen molar-refractivity contribution in [3.05, 3.63) is 58.4 Å². The van der Waals surface area contributed by atoms with Gasteiger partial charge in [0, 0.05) is 49.7 Å². The maximum atomic E-state index is 15.6. The predicted octanol–water partition coefficient (Wildman–Crippen LogP) is 5.56. The molecule has 1 heterocycles. The van der Waals surface area contributed by atoms with Crippen LogP contribution in [0, 0.1) is 0 Å². The minimum atomic E-state index is -1.05. The molecule has 1 aliphatic heterocycles. The fraction of sp³-hybridized carbons (Fsp3) is 0.542. The van der Waals surface area contributed by atoms with Crippen molar-refractivity contribution in [2.24, 2.45) is 4.99 Å². The number of likely N-dealkylation sites (N-methyl/N-ethyl adjacent to an activating group) is 1. The molecular formula is C24H36FN3. The number of aryl methyl sites for hydroxylation is 1. The second-order valence-electron chi connectivity index (χ2n) is 8.73. The summed E-state index contributed by atoms with van der Waals surface area (Å²) in [7, 11) is 4.10. The highest BCUT2D eigenvalue weighted by molar-refractivity contribution is 5.94. The van der Waals surface area contributed by atoms with Crippen molar-refractivity contribution in [2.45, 2.75) is 65.6 Å². The molecule has 0 saturated heterocycles. The molecule has 2 unspecified atom stereocenters. The average Bonchev–Trinajstić information content (AvgIpc) is 2.73. The summed E-state index contributed by atoms with van der Waals surface area (Å²) in [6.45, 7) is 12.8. The Kier molecular flexibility index (Phi) is 7.22. The number of allylic oxidation sites excluding steroid dienone is 2. The molecule has 0 spiro atoms. The summed E-state index contributed by atoms with van der Waals surface area (Å²) >= 11 is 0. The maximum Gasteiger partial charge on any atom is 0.143 e. The molecule has 0 fully saturated rings. The van der Waals surface area contributed by atoms with Crippen LogP contribution < -0.4 is 5.32 Å². The van der Waals surface area contributed by atoms with Crippen LogP contribution in [0.3, 0.4) is 0 Å². The first-order valence-electron chi connectivity index (χ1n) is 10.2. The molecule has 3 nitrogen and oxygen atoms in total. The van der Waals surface area contributed by atoms with Crippen LogP contribution in [0.25, 0.3) is 0 Å². The number of fused-ring (bicyclic) bond motifs is 1. The third-order valence-electron chi connectivity index (χ3n) is 5.39. The standard InChI is InChI=1S/C24H36FN3/c1-9-18-11-10-12-19-20(15-27-24(5,6)23(25)22(18)19)21(28(7)8)13-17(4)26-14-16(2)3/h10-14,20,23,27H,9,15H2,1-8H3/b21-13-,26-17+. The van der Waals surface area contributed by atoms with Crippen LogP contribution in [0.1, 0.15) is 70.3 Å². The summed E-state index contributed by atoms with van der Waals surface area (Å²) < 4.78 is 15.6. The molecule has 0 saturated carbocycles. The molecule has 1 aliphatic rings. The highest BCUT2D eigenvalue weighted by Gasteiger charge is 2.39. The summed E-state index contributed by atoms with van der Waals surface area (Å²) in [6, 6.07) is 6.21. The Morgan fingerprint density at radius 3 is 2.54 bits per heavy atom. The Morgan fingerprint density at radius 1 is 1.29 bits per heavy atom. The third-order valence-corrected chi connectivity index (χ3v) is 5.39. The van der Waals surface area contributed by atoms with Crippen LogP contribution in [0.2, 0.25) is 0 Å². The molecule has 0 bridgehead atoms. The molecule has 4 heteroatoms. The van der Waals surface area contributed by atoms with E-state index >= 15 is 4.39 Å². The smallest absolute Gasteiger partial charge is 0.143 e. The first kappa shape index (κ1) is 22.4. The van der Waals surface area contributed by atoms with E-state index in [0.717, 1.165) is 40.1 Å². The van der Waals surface area contributed by atoms with Gasteiger partial charge in [-0.05, 0) is 63.8 Å². The van der Waals surface area contributed by atoms with Gasteiger partial charge in [0.05, 0.1) is 0 Å². The summed E-state index contributed by atoms with van der Waals surface area (Å²) in [4.78, 5) is 6.68. The van der Waals surface area contributed by atoms with Gasteiger partial charge in [-0.1, -0.05) is 30.7 Å². The van der Waals surface area contributed by atoms with Gasteiger partial charge in [-0.25, -0.2) is 4.39 Å². The van der Waals surface area contributed by atoms with Crippen LogP contribution >= 0.6 is 0 Å². The summed E-state index contributed by atoms with van der Waals surface area (Å²) in [5, 5.41) is 3.48. The molecule has 154 valence electrons. The van der Waals surface area contributed by atoms with Gasteiger partial charge in [0.15, 0.2) is 0 Å². The molecule has 1 aromatic rings. The number of alkyl halides is 1. The van der Waals surface area contributed by atoms with Crippen LogP contribution in [0.4, 0.5) is 4.39 Å². The van der Waals surface area contributed by atoms with Crippen molar-refractivity contribution in [1.29, 1.82) is 0 Å². The van der Waals surface area contributed by atoms with Crippen molar-refractivity contribution < 1.29 is 4.39 Å². The van der Waals surface area contributed by atoms with Gasteiger partial charge in [-0.3, -0.25) is 4.99 Å². The van der Waals surface area contributed by atoms with Crippen LogP contribution in [-0.4, -0.2) is 36.8 Å². The number of benzene rings is 1. The van der Waals surface area contributed by atoms with Gasteiger partial charge in [-0.15, -0.1) is 0 Å². The molecule has 2 atom stereocenters. The largest absolute Gasteiger partial charge is 0.380 e. The number of rotatable bonds is 5. The van der Waals surface area contributed by atoms with Crippen molar-refractivity contribution in [3.8, 4) is 0 Å². The lowest BCUT2D eigenvalue weighted by Gasteiger charge is -2.29. The molecule has 0 amide bonds. The first-order chi connectivity index (χ1) is 13.1. The van der Waals surface area contributed by atoms with E-state index in [4.69, 9.17) is 0 Å². The minimum Gasteiger partial charge on any atom is -0.380 e. The minimum absolute atomic E-state index is 0.0633. The average molecular weight is 386 g/mol. The molecular weight excluding hydrogens is 349 g/mol. The molecule has 0 aromatic heterocycles. The van der Waals surface area contributed by atoms with Crippen LogP contribution in [0.15, 0.2) is 46.7 Å². The molecule has 2 rings (SSSR count). The van der Waals surface area contributed by atoms with E-state index < -0.39 is 11.7 Å². The Hall–Kier alpha value is -1.94. The second-order valence-corrected chi connectivity index (χ2v) is 8.73. The zero-order chi connectivity index (χ0) is 21.1. The second kappa shape index (κ2) is 9.04. The molecule has 1 aromatic carbocycles. The van der Waals surface area contributed by atoms with E-state index in [1.54, 1.807) is 0 Å². The van der Waals surface area contributed by atoms with Crippen LogP contribution in [0.5, 0.6) is 0 Å².